The van der Waals surface area contributed by atoms with Crippen LogP contribution in [0.4, 0.5) is 0 Å². The molecule has 1 aromatic heterocycles. The standard InChI is InChI=1S/C18H21N3O3S/c1-13-5-8-16(25(23,24)21-15-6-7-15)12-17(13)18(22)20-11-9-14-4-2-3-10-19-14/h2-5,8,10,12,15,21H,6-7,9,11H2,1H3,(H,20,22). The number of rotatable bonds is 7. The van der Waals surface area contributed by atoms with E-state index in [0.29, 0.717) is 18.5 Å². The third kappa shape index (κ3) is 4.64. The van der Waals surface area contributed by atoms with Gasteiger partial charge in [0.2, 0.25) is 10.0 Å². The lowest BCUT2D eigenvalue weighted by atomic mass is 10.1. The quantitative estimate of drug-likeness (QED) is 0.789. The summed E-state index contributed by atoms with van der Waals surface area (Å²) in [5.41, 5.74) is 2.00. The molecule has 1 heterocycles. The van der Waals surface area contributed by atoms with Gasteiger partial charge in [-0.05, 0) is 49.6 Å². The average Bonchev–Trinajstić information content (AvgIpc) is 3.39. The molecule has 1 aromatic carbocycles. The molecule has 2 aromatic rings. The van der Waals surface area contributed by atoms with E-state index >= 15 is 0 Å². The van der Waals surface area contributed by atoms with Crippen LogP contribution in [0.25, 0.3) is 0 Å². The summed E-state index contributed by atoms with van der Waals surface area (Å²) in [5.74, 6) is -0.281. The lowest BCUT2D eigenvalue weighted by Crippen LogP contribution is -2.28. The van der Waals surface area contributed by atoms with Gasteiger partial charge >= 0.3 is 0 Å². The van der Waals surface area contributed by atoms with Gasteiger partial charge in [-0.2, -0.15) is 0 Å². The molecule has 7 heteroatoms. The number of amides is 1. The molecule has 1 fully saturated rings. The molecule has 0 bridgehead atoms. The van der Waals surface area contributed by atoms with Crippen LogP contribution >= 0.6 is 0 Å². The van der Waals surface area contributed by atoms with Gasteiger partial charge in [-0.1, -0.05) is 12.1 Å². The summed E-state index contributed by atoms with van der Waals surface area (Å²) in [6.07, 6.45) is 4.06. The Labute approximate surface area is 147 Å². The van der Waals surface area contributed by atoms with E-state index in [1.54, 1.807) is 19.2 Å². The molecule has 0 unspecified atom stereocenters. The molecule has 1 saturated carbocycles. The molecule has 0 atom stereocenters. The van der Waals surface area contributed by atoms with Crippen molar-refractivity contribution in [2.24, 2.45) is 0 Å². The summed E-state index contributed by atoms with van der Waals surface area (Å²) in [6.45, 7) is 2.23. The number of benzene rings is 1. The predicted octanol–water partition coefficient (Wildman–Crippen LogP) is 1.80. The van der Waals surface area contributed by atoms with Crippen LogP contribution in [0.3, 0.4) is 0 Å². The van der Waals surface area contributed by atoms with Crippen LogP contribution in [-0.4, -0.2) is 31.9 Å². The van der Waals surface area contributed by atoms with Crippen molar-refractivity contribution in [2.45, 2.75) is 37.1 Å². The van der Waals surface area contributed by atoms with Gasteiger partial charge in [0.25, 0.3) is 5.91 Å². The molecule has 2 N–H and O–H groups in total. The summed E-state index contributed by atoms with van der Waals surface area (Å²) in [4.78, 5) is 16.8. The predicted molar refractivity (Wildman–Crippen MR) is 94.8 cm³/mol. The number of hydrogen-bond donors (Lipinski definition) is 2. The van der Waals surface area contributed by atoms with Crippen molar-refractivity contribution >= 4 is 15.9 Å². The molecule has 25 heavy (non-hydrogen) atoms. The number of hydrogen-bond acceptors (Lipinski definition) is 4. The molecule has 3 rings (SSSR count). The molecule has 1 amide bonds. The highest BCUT2D eigenvalue weighted by Crippen LogP contribution is 2.23. The highest BCUT2D eigenvalue weighted by atomic mass is 32.2. The molecule has 1 aliphatic carbocycles. The monoisotopic (exact) mass is 359 g/mol. The van der Waals surface area contributed by atoms with Crippen molar-refractivity contribution in [2.75, 3.05) is 6.54 Å². The molecule has 0 saturated heterocycles. The minimum Gasteiger partial charge on any atom is -0.352 e. The van der Waals surface area contributed by atoms with Gasteiger partial charge < -0.3 is 5.32 Å². The minimum atomic E-state index is -3.57. The zero-order valence-corrected chi connectivity index (χ0v) is 14.8. The maximum atomic E-state index is 12.4. The first-order valence-corrected chi connectivity index (χ1v) is 9.75. The maximum absolute atomic E-state index is 12.4. The summed E-state index contributed by atoms with van der Waals surface area (Å²) in [7, 11) is -3.57. The van der Waals surface area contributed by atoms with E-state index < -0.39 is 10.0 Å². The first-order valence-electron chi connectivity index (χ1n) is 8.27. The zero-order valence-electron chi connectivity index (χ0n) is 14.0. The Hall–Kier alpha value is -2.25. The minimum absolute atomic E-state index is 0.0296. The van der Waals surface area contributed by atoms with Crippen molar-refractivity contribution in [1.82, 2.24) is 15.0 Å². The molecule has 1 aliphatic rings. The van der Waals surface area contributed by atoms with E-state index in [9.17, 15) is 13.2 Å². The number of carbonyl (C=O) groups is 1. The second-order valence-corrected chi connectivity index (χ2v) is 7.91. The van der Waals surface area contributed by atoms with Crippen molar-refractivity contribution in [3.63, 3.8) is 0 Å². The normalized spacial score (nSPS) is 14.3. The third-order valence-corrected chi connectivity index (χ3v) is 5.57. The number of pyridine rings is 1. The van der Waals surface area contributed by atoms with E-state index in [4.69, 9.17) is 0 Å². The van der Waals surface area contributed by atoms with Crippen LogP contribution in [0.15, 0.2) is 47.5 Å². The Balaban J connectivity index is 1.68. The Morgan fingerprint density at radius 3 is 2.72 bits per heavy atom. The van der Waals surface area contributed by atoms with Crippen LogP contribution in [0.2, 0.25) is 0 Å². The first kappa shape index (κ1) is 17.6. The van der Waals surface area contributed by atoms with Crippen LogP contribution in [0.1, 0.15) is 34.5 Å². The van der Waals surface area contributed by atoms with Gasteiger partial charge in [-0.25, -0.2) is 13.1 Å². The largest absolute Gasteiger partial charge is 0.352 e. The molecular weight excluding hydrogens is 338 g/mol. The Kier molecular flexibility index (Phi) is 5.15. The van der Waals surface area contributed by atoms with Gasteiger partial charge in [0.05, 0.1) is 4.90 Å². The second-order valence-electron chi connectivity index (χ2n) is 6.20. The number of carbonyl (C=O) groups excluding carboxylic acids is 1. The summed E-state index contributed by atoms with van der Waals surface area (Å²) >= 11 is 0. The van der Waals surface area contributed by atoms with Crippen LogP contribution in [0.5, 0.6) is 0 Å². The number of aryl methyl sites for hydroxylation is 1. The van der Waals surface area contributed by atoms with Gasteiger partial charge in [0, 0.05) is 36.5 Å². The molecule has 6 nitrogen and oxygen atoms in total. The molecule has 0 radical (unpaired) electrons. The number of aromatic nitrogens is 1. The number of nitrogens with zero attached hydrogens (tertiary/aromatic N) is 1. The molecule has 132 valence electrons. The first-order chi connectivity index (χ1) is 12.0. The molecular formula is C18H21N3O3S. The fourth-order valence-electron chi connectivity index (χ4n) is 2.45. The smallest absolute Gasteiger partial charge is 0.251 e. The number of nitrogens with one attached hydrogen (secondary N) is 2. The van der Waals surface area contributed by atoms with Gasteiger partial charge in [0.15, 0.2) is 0 Å². The van der Waals surface area contributed by atoms with E-state index in [1.165, 1.54) is 12.1 Å². The van der Waals surface area contributed by atoms with Gasteiger partial charge in [-0.15, -0.1) is 0 Å². The highest BCUT2D eigenvalue weighted by molar-refractivity contribution is 7.89. The molecule has 0 aliphatic heterocycles. The van der Waals surface area contributed by atoms with Gasteiger partial charge in [-0.3, -0.25) is 9.78 Å². The molecule has 0 spiro atoms. The Bertz CT molecular complexity index is 862. The second kappa shape index (κ2) is 7.33. The lowest BCUT2D eigenvalue weighted by Gasteiger charge is -2.11. The fraction of sp³-hybridized carbons (Fsp3) is 0.333. The third-order valence-electron chi connectivity index (χ3n) is 4.06. The van der Waals surface area contributed by atoms with Crippen molar-refractivity contribution in [3.8, 4) is 0 Å². The Morgan fingerprint density at radius 2 is 2.04 bits per heavy atom. The van der Waals surface area contributed by atoms with E-state index in [1.807, 2.05) is 18.2 Å². The summed E-state index contributed by atoms with van der Waals surface area (Å²) in [6, 6.07) is 10.3. The van der Waals surface area contributed by atoms with E-state index in [0.717, 1.165) is 24.1 Å². The fourth-order valence-corrected chi connectivity index (χ4v) is 3.78. The van der Waals surface area contributed by atoms with Crippen LogP contribution in [0, 0.1) is 6.92 Å². The van der Waals surface area contributed by atoms with Crippen molar-refractivity contribution in [3.05, 3.63) is 59.4 Å². The van der Waals surface area contributed by atoms with Gasteiger partial charge in [0.1, 0.15) is 0 Å². The Morgan fingerprint density at radius 1 is 1.24 bits per heavy atom. The number of sulfonamides is 1. The van der Waals surface area contributed by atoms with Crippen molar-refractivity contribution in [1.29, 1.82) is 0 Å². The average molecular weight is 359 g/mol. The topological polar surface area (TPSA) is 88.2 Å². The van der Waals surface area contributed by atoms with E-state index in [-0.39, 0.29) is 16.8 Å². The highest BCUT2D eigenvalue weighted by Gasteiger charge is 2.28. The lowest BCUT2D eigenvalue weighted by molar-refractivity contribution is 0.0953. The maximum Gasteiger partial charge on any atom is 0.251 e. The van der Waals surface area contributed by atoms with Crippen LogP contribution < -0.4 is 10.0 Å². The zero-order chi connectivity index (χ0) is 17.9. The summed E-state index contributed by atoms with van der Waals surface area (Å²) in [5, 5.41) is 2.83. The van der Waals surface area contributed by atoms with Crippen molar-refractivity contribution < 1.29 is 13.2 Å². The SMILES string of the molecule is Cc1ccc(S(=O)(=O)NC2CC2)cc1C(=O)NCCc1ccccn1. The van der Waals surface area contributed by atoms with E-state index in [2.05, 4.69) is 15.0 Å². The van der Waals surface area contributed by atoms with Crippen LogP contribution in [-0.2, 0) is 16.4 Å². The summed E-state index contributed by atoms with van der Waals surface area (Å²) < 4.78 is 27.3.